The summed E-state index contributed by atoms with van der Waals surface area (Å²) >= 11 is 3.65. The Labute approximate surface area is 174 Å². The number of nitrogens with one attached hydrogen (secondary N) is 1. The number of hydrogen-bond donors (Lipinski definition) is 1. The molecule has 0 radical (unpaired) electrons. The summed E-state index contributed by atoms with van der Waals surface area (Å²) < 4.78 is 22.7. The van der Waals surface area contributed by atoms with E-state index in [1.807, 2.05) is 18.2 Å². The van der Waals surface area contributed by atoms with Crippen LogP contribution in [0.5, 0.6) is 23.0 Å². The Morgan fingerprint density at radius 3 is 2.04 bits per heavy atom. The summed E-state index contributed by atoms with van der Waals surface area (Å²) in [6, 6.07) is 8.06. The monoisotopic (exact) mass is 455 g/mol. The van der Waals surface area contributed by atoms with Crippen molar-refractivity contribution >= 4 is 21.6 Å². The van der Waals surface area contributed by atoms with Gasteiger partial charge in [-0.25, -0.2) is 4.99 Å². The molecule has 0 saturated carbocycles. The maximum absolute atomic E-state index is 5.48. The first-order chi connectivity index (χ1) is 12.6. The van der Waals surface area contributed by atoms with E-state index in [4.69, 9.17) is 18.9 Å². The Bertz CT molecular complexity index is 854. The van der Waals surface area contributed by atoms with Crippen LogP contribution in [0.2, 0.25) is 0 Å². The third-order valence-electron chi connectivity index (χ3n) is 4.59. The van der Waals surface area contributed by atoms with Crippen molar-refractivity contribution in [2.45, 2.75) is 12.8 Å². The molecule has 0 atom stereocenters. The first-order valence-electron chi connectivity index (χ1n) is 8.36. The Hall–Kier alpha value is -1.92. The number of fused-ring (bicyclic) bond motifs is 1. The van der Waals surface area contributed by atoms with Crippen LogP contribution in [0, 0.1) is 0 Å². The number of benzene rings is 2. The van der Waals surface area contributed by atoms with Crippen molar-refractivity contribution in [1.29, 1.82) is 0 Å². The third-order valence-corrected chi connectivity index (χ3v) is 5.33. The molecule has 7 heteroatoms. The Morgan fingerprint density at radius 2 is 1.41 bits per heavy atom. The molecular weight excluding hydrogens is 434 g/mol. The van der Waals surface area contributed by atoms with Crippen LogP contribution < -0.4 is 36.3 Å². The van der Waals surface area contributed by atoms with Crippen molar-refractivity contribution in [1.82, 2.24) is 0 Å². The molecule has 27 heavy (non-hydrogen) atoms. The second-order valence-electron chi connectivity index (χ2n) is 6.00. The Kier molecular flexibility index (Phi) is 7.39. The van der Waals surface area contributed by atoms with Crippen molar-refractivity contribution in [2.75, 3.05) is 35.0 Å². The van der Waals surface area contributed by atoms with Crippen LogP contribution in [0.15, 0.2) is 28.7 Å². The number of rotatable bonds is 6. The minimum atomic E-state index is 0. The van der Waals surface area contributed by atoms with E-state index >= 15 is 0 Å². The highest BCUT2D eigenvalue weighted by molar-refractivity contribution is 9.10. The molecule has 146 valence electrons. The number of hydrogen-bond acceptors (Lipinski definition) is 4. The van der Waals surface area contributed by atoms with Crippen LogP contribution in [0.4, 0.5) is 0 Å². The molecule has 3 rings (SSSR count). The van der Waals surface area contributed by atoms with Gasteiger partial charge in [-0.15, -0.1) is 0 Å². The maximum Gasteiger partial charge on any atom is 0.186 e. The van der Waals surface area contributed by atoms with Crippen LogP contribution in [0.1, 0.15) is 16.7 Å². The average Bonchev–Trinajstić information content (AvgIpc) is 2.68. The SMILES string of the molecule is COc1cc(Br)c(CC2=[NH+]CCc3cc(OC)c(OC)cc32)cc1OC.[Cl-]. The van der Waals surface area contributed by atoms with Gasteiger partial charge in [-0.3, -0.25) is 0 Å². The minimum Gasteiger partial charge on any atom is -1.00 e. The van der Waals surface area contributed by atoms with Crippen LogP contribution >= 0.6 is 15.9 Å². The van der Waals surface area contributed by atoms with E-state index in [1.165, 1.54) is 5.56 Å². The van der Waals surface area contributed by atoms with Gasteiger partial charge in [0.25, 0.3) is 0 Å². The molecule has 0 bridgehead atoms. The van der Waals surface area contributed by atoms with E-state index in [0.717, 1.165) is 57.9 Å². The molecule has 1 aliphatic rings. The first-order valence-corrected chi connectivity index (χ1v) is 9.16. The fourth-order valence-electron chi connectivity index (χ4n) is 3.23. The zero-order valence-electron chi connectivity index (χ0n) is 15.8. The summed E-state index contributed by atoms with van der Waals surface area (Å²) in [6.07, 6.45) is 1.69. The molecule has 1 heterocycles. The van der Waals surface area contributed by atoms with Gasteiger partial charge < -0.3 is 31.4 Å². The molecule has 2 aromatic carbocycles. The van der Waals surface area contributed by atoms with E-state index in [2.05, 4.69) is 27.0 Å². The molecule has 5 nitrogen and oxygen atoms in total. The lowest BCUT2D eigenvalue weighted by Crippen LogP contribution is -3.00. The number of halogens is 2. The standard InChI is InChI=1S/C20H22BrNO4.ClH/c1-23-17-8-12-5-6-22-16(14(12)10-19(17)25-3)7-13-9-18(24-2)20(26-4)11-15(13)21;/h8-11H,5-7H2,1-4H3;1H. The highest BCUT2D eigenvalue weighted by atomic mass is 79.9. The summed E-state index contributed by atoms with van der Waals surface area (Å²) in [7, 11) is 6.60. The zero-order chi connectivity index (χ0) is 18.7. The quantitative estimate of drug-likeness (QED) is 0.616. The fourth-order valence-corrected chi connectivity index (χ4v) is 3.69. The fraction of sp³-hybridized carbons (Fsp3) is 0.350. The molecule has 1 N–H and O–H groups in total. The van der Waals surface area contributed by atoms with Gasteiger partial charge in [0.1, 0.15) is 6.54 Å². The molecule has 0 saturated heterocycles. The molecule has 0 unspecified atom stereocenters. The molecule has 0 amide bonds. The van der Waals surface area contributed by atoms with Crippen molar-refractivity contribution in [3.63, 3.8) is 0 Å². The summed E-state index contributed by atoms with van der Waals surface area (Å²) in [6.45, 7) is 0.892. The lowest BCUT2D eigenvalue weighted by molar-refractivity contribution is -0.458. The molecule has 2 aromatic rings. The van der Waals surface area contributed by atoms with Crippen molar-refractivity contribution in [3.05, 3.63) is 45.4 Å². The van der Waals surface area contributed by atoms with Gasteiger partial charge in [0.15, 0.2) is 28.7 Å². The summed E-state index contributed by atoms with van der Waals surface area (Å²) in [5, 5.41) is 0. The summed E-state index contributed by atoms with van der Waals surface area (Å²) in [4.78, 5) is 3.53. The zero-order valence-corrected chi connectivity index (χ0v) is 18.2. The molecule has 1 aliphatic heterocycles. The van der Waals surface area contributed by atoms with Crippen molar-refractivity contribution < 1.29 is 36.3 Å². The van der Waals surface area contributed by atoms with Gasteiger partial charge in [-0.05, 0) is 35.4 Å². The van der Waals surface area contributed by atoms with Gasteiger partial charge in [-0.2, -0.15) is 0 Å². The number of methoxy groups -OCH3 is 4. The Morgan fingerprint density at radius 1 is 0.852 bits per heavy atom. The molecular formula is C20H23BrClNO4. The third kappa shape index (κ3) is 4.33. The van der Waals surface area contributed by atoms with Gasteiger partial charge in [0.05, 0.1) is 34.9 Å². The van der Waals surface area contributed by atoms with E-state index in [1.54, 1.807) is 28.4 Å². The molecule has 0 aromatic heterocycles. The van der Waals surface area contributed by atoms with Gasteiger partial charge >= 0.3 is 0 Å². The Balaban J connectivity index is 0.00000261. The molecule has 0 spiro atoms. The van der Waals surface area contributed by atoms with Crippen LogP contribution in [0.3, 0.4) is 0 Å². The average molecular weight is 457 g/mol. The van der Waals surface area contributed by atoms with Crippen molar-refractivity contribution in [2.24, 2.45) is 0 Å². The smallest absolute Gasteiger partial charge is 0.186 e. The second-order valence-corrected chi connectivity index (χ2v) is 6.85. The summed E-state index contributed by atoms with van der Waals surface area (Å²) in [5.41, 5.74) is 4.69. The first kappa shape index (κ1) is 21.4. The van der Waals surface area contributed by atoms with E-state index < -0.39 is 0 Å². The van der Waals surface area contributed by atoms with E-state index in [-0.39, 0.29) is 12.4 Å². The lowest BCUT2D eigenvalue weighted by Gasteiger charge is -2.17. The van der Waals surface area contributed by atoms with Gasteiger partial charge in [0, 0.05) is 16.5 Å². The molecule has 0 aliphatic carbocycles. The van der Waals surface area contributed by atoms with Crippen LogP contribution in [-0.2, 0) is 12.8 Å². The largest absolute Gasteiger partial charge is 1.00 e. The minimum absolute atomic E-state index is 0. The van der Waals surface area contributed by atoms with E-state index in [9.17, 15) is 0 Å². The highest BCUT2D eigenvalue weighted by Crippen LogP contribution is 2.35. The van der Waals surface area contributed by atoms with E-state index in [0.29, 0.717) is 5.75 Å². The molecule has 0 fully saturated rings. The predicted octanol–water partition coefficient (Wildman–Crippen LogP) is -0.844. The topological polar surface area (TPSA) is 50.9 Å². The lowest BCUT2D eigenvalue weighted by atomic mass is 9.93. The van der Waals surface area contributed by atoms with Crippen LogP contribution in [-0.4, -0.2) is 40.7 Å². The maximum atomic E-state index is 5.48. The van der Waals surface area contributed by atoms with Crippen molar-refractivity contribution in [3.8, 4) is 23.0 Å². The summed E-state index contributed by atoms with van der Waals surface area (Å²) in [5.74, 6) is 2.92. The van der Waals surface area contributed by atoms with Gasteiger partial charge in [-0.1, -0.05) is 15.9 Å². The highest BCUT2D eigenvalue weighted by Gasteiger charge is 2.24. The second kappa shape index (κ2) is 9.33. The van der Waals surface area contributed by atoms with Crippen LogP contribution in [0.25, 0.3) is 0 Å². The normalized spacial score (nSPS) is 12.4. The number of ether oxygens (including phenoxy) is 4. The van der Waals surface area contributed by atoms with Gasteiger partial charge in [0.2, 0.25) is 0 Å². The predicted molar refractivity (Wildman–Crippen MR) is 104 cm³/mol.